The average molecular weight is 252 g/mol. The van der Waals surface area contributed by atoms with Crippen LogP contribution < -0.4 is 0 Å². The van der Waals surface area contributed by atoms with Crippen molar-refractivity contribution in [3.8, 4) is 0 Å². The van der Waals surface area contributed by atoms with Crippen molar-refractivity contribution in [2.75, 3.05) is 0 Å². The van der Waals surface area contributed by atoms with E-state index in [4.69, 9.17) is 0 Å². The van der Waals surface area contributed by atoms with Gasteiger partial charge in [0.25, 0.3) is 0 Å². The van der Waals surface area contributed by atoms with Crippen molar-refractivity contribution < 1.29 is 13.6 Å². The van der Waals surface area contributed by atoms with Gasteiger partial charge in [-0.15, -0.1) is 0 Å². The topological polar surface area (TPSA) is 17.1 Å². The van der Waals surface area contributed by atoms with Gasteiger partial charge in [-0.3, -0.25) is 4.79 Å². The predicted molar refractivity (Wildman–Crippen MR) is 66.2 cm³/mol. The Morgan fingerprint density at radius 1 is 1.17 bits per heavy atom. The van der Waals surface area contributed by atoms with E-state index in [1.807, 2.05) is 0 Å². The van der Waals surface area contributed by atoms with Gasteiger partial charge in [0.2, 0.25) is 0 Å². The van der Waals surface area contributed by atoms with Gasteiger partial charge in [0, 0.05) is 17.9 Å². The number of benzene rings is 1. The fourth-order valence-electron chi connectivity index (χ4n) is 2.60. The molecule has 0 spiro atoms. The molecule has 1 aromatic rings. The molecule has 0 bridgehead atoms. The zero-order valence-corrected chi connectivity index (χ0v) is 10.6. The highest BCUT2D eigenvalue weighted by molar-refractivity contribution is 5.83. The standard InChI is InChI=1S/C15H18F2O/c1-10-5-7-11(8-6-10)15(18)9-12-13(16)3-2-4-14(12)17/h2-4,10-11H,5-9H2,1H3. The van der Waals surface area contributed by atoms with E-state index in [1.54, 1.807) is 0 Å². The van der Waals surface area contributed by atoms with Crippen molar-refractivity contribution in [1.82, 2.24) is 0 Å². The third kappa shape index (κ3) is 2.95. The maximum absolute atomic E-state index is 13.4. The monoisotopic (exact) mass is 252 g/mol. The van der Waals surface area contributed by atoms with Crippen LogP contribution in [0.5, 0.6) is 0 Å². The van der Waals surface area contributed by atoms with Crippen molar-refractivity contribution in [2.45, 2.75) is 39.0 Å². The molecule has 0 amide bonds. The molecule has 98 valence electrons. The Hall–Kier alpha value is -1.25. The summed E-state index contributed by atoms with van der Waals surface area (Å²) in [4.78, 5) is 12.0. The van der Waals surface area contributed by atoms with E-state index in [1.165, 1.54) is 18.2 Å². The Kier molecular flexibility index (Phi) is 4.10. The molecule has 0 aromatic heterocycles. The van der Waals surface area contributed by atoms with Crippen molar-refractivity contribution in [3.05, 3.63) is 35.4 Å². The van der Waals surface area contributed by atoms with Crippen LogP contribution in [0.15, 0.2) is 18.2 Å². The van der Waals surface area contributed by atoms with Gasteiger partial charge in [0.05, 0.1) is 0 Å². The molecule has 0 atom stereocenters. The molecular formula is C15H18F2O. The highest BCUT2D eigenvalue weighted by Gasteiger charge is 2.25. The summed E-state index contributed by atoms with van der Waals surface area (Å²) >= 11 is 0. The largest absolute Gasteiger partial charge is 0.299 e. The summed E-state index contributed by atoms with van der Waals surface area (Å²) in [7, 11) is 0. The highest BCUT2D eigenvalue weighted by Crippen LogP contribution is 2.30. The van der Waals surface area contributed by atoms with Gasteiger partial charge >= 0.3 is 0 Å². The van der Waals surface area contributed by atoms with Gasteiger partial charge in [-0.2, -0.15) is 0 Å². The summed E-state index contributed by atoms with van der Waals surface area (Å²) in [5.74, 6) is -0.606. The third-order valence-corrected chi connectivity index (χ3v) is 3.88. The van der Waals surface area contributed by atoms with Crippen molar-refractivity contribution in [3.63, 3.8) is 0 Å². The number of ketones is 1. The number of halogens is 2. The summed E-state index contributed by atoms with van der Waals surface area (Å²) in [6.45, 7) is 2.18. The molecular weight excluding hydrogens is 234 g/mol. The van der Waals surface area contributed by atoms with Gasteiger partial charge in [0.15, 0.2) is 0 Å². The lowest BCUT2D eigenvalue weighted by Crippen LogP contribution is -2.23. The summed E-state index contributed by atoms with van der Waals surface area (Å²) in [6, 6.07) is 3.73. The zero-order chi connectivity index (χ0) is 13.1. The third-order valence-electron chi connectivity index (χ3n) is 3.88. The summed E-state index contributed by atoms with van der Waals surface area (Å²) in [5.41, 5.74) is -0.0823. The van der Waals surface area contributed by atoms with Crippen LogP contribution in [0.25, 0.3) is 0 Å². The van der Waals surface area contributed by atoms with E-state index in [0.29, 0.717) is 5.92 Å². The van der Waals surface area contributed by atoms with Gasteiger partial charge in [-0.1, -0.05) is 25.8 Å². The lowest BCUT2D eigenvalue weighted by atomic mass is 9.79. The first-order chi connectivity index (χ1) is 8.58. The molecule has 0 unspecified atom stereocenters. The van der Waals surface area contributed by atoms with Gasteiger partial charge in [-0.05, 0) is 30.9 Å². The van der Waals surface area contributed by atoms with Crippen LogP contribution in [0, 0.1) is 23.5 Å². The van der Waals surface area contributed by atoms with Gasteiger partial charge in [0.1, 0.15) is 17.4 Å². The van der Waals surface area contributed by atoms with E-state index in [-0.39, 0.29) is 23.7 Å². The van der Waals surface area contributed by atoms with E-state index in [2.05, 4.69) is 6.92 Å². The number of hydrogen-bond acceptors (Lipinski definition) is 1. The van der Waals surface area contributed by atoms with Crippen molar-refractivity contribution in [1.29, 1.82) is 0 Å². The fourth-order valence-corrected chi connectivity index (χ4v) is 2.60. The Bertz CT molecular complexity index is 414. The second-order valence-electron chi connectivity index (χ2n) is 5.30. The highest BCUT2D eigenvalue weighted by atomic mass is 19.1. The minimum absolute atomic E-state index is 0.0137. The SMILES string of the molecule is CC1CCC(C(=O)Cc2c(F)cccc2F)CC1. The minimum atomic E-state index is -0.618. The molecule has 0 radical (unpaired) electrons. The number of carbonyl (C=O) groups is 1. The number of rotatable bonds is 3. The second kappa shape index (κ2) is 5.59. The summed E-state index contributed by atoms with van der Waals surface area (Å²) in [6.07, 6.45) is 3.68. The lowest BCUT2D eigenvalue weighted by Gasteiger charge is -2.25. The van der Waals surface area contributed by atoms with Crippen molar-refractivity contribution >= 4 is 5.78 Å². The summed E-state index contributed by atoms with van der Waals surface area (Å²) < 4.78 is 26.9. The predicted octanol–water partition coefficient (Wildman–Crippen LogP) is 3.90. The van der Waals surface area contributed by atoms with Crippen molar-refractivity contribution in [2.24, 2.45) is 11.8 Å². The summed E-state index contributed by atoms with van der Waals surface area (Å²) in [5, 5.41) is 0. The molecule has 0 saturated heterocycles. The Balaban J connectivity index is 2.03. The Morgan fingerprint density at radius 2 is 1.72 bits per heavy atom. The number of hydrogen-bond donors (Lipinski definition) is 0. The second-order valence-corrected chi connectivity index (χ2v) is 5.30. The Labute approximate surface area is 106 Å². The molecule has 1 aliphatic carbocycles. The van der Waals surface area contributed by atoms with Crippen LogP contribution in [-0.4, -0.2) is 5.78 Å². The quantitative estimate of drug-likeness (QED) is 0.797. The average Bonchev–Trinajstić information content (AvgIpc) is 2.34. The van der Waals surface area contributed by atoms with E-state index in [9.17, 15) is 13.6 Å². The molecule has 1 saturated carbocycles. The van der Waals surface area contributed by atoms with Crippen LogP contribution >= 0.6 is 0 Å². The van der Waals surface area contributed by atoms with Crippen LogP contribution in [0.3, 0.4) is 0 Å². The molecule has 1 nitrogen and oxygen atoms in total. The van der Waals surface area contributed by atoms with Gasteiger partial charge in [-0.25, -0.2) is 8.78 Å². The normalized spacial score (nSPS) is 23.9. The molecule has 1 aliphatic rings. The minimum Gasteiger partial charge on any atom is -0.299 e. The lowest BCUT2D eigenvalue weighted by molar-refractivity contribution is -0.123. The fraction of sp³-hybridized carbons (Fsp3) is 0.533. The first kappa shape index (κ1) is 13.2. The first-order valence-corrected chi connectivity index (χ1v) is 6.53. The number of Topliss-reactive ketones (excluding diaryl/α,β-unsaturated/α-hetero) is 1. The molecule has 0 aliphatic heterocycles. The Morgan fingerprint density at radius 3 is 2.28 bits per heavy atom. The van der Waals surface area contributed by atoms with Crippen LogP contribution in [-0.2, 0) is 11.2 Å². The van der Waals surface area contributed by atoms with Gasteiger partial charge < -0.3 is 0 Å². The molecule has 1 aromatic carbocycles. The molecule has 2 rings (SSSR count). The van der Waals surface area contributed by atoms with Crippen LogP contribution in [0.4, 0.5) is 8.78 Å². The number of carbonyl (C=O) groups excluding carboxylic acids is 1. The zero-order valence-electron chi connectivity index (χ0n) is 10.6. The maximum atomic E-state index is 13.4. The molecule has 3 heteroatoms. The molecule has 1 fully saturated rings. The maximum Gasteiger partial charge on any atom is 0.140 e. The molecule has 0 N–H and O–H groups in total. The van der Waals surface area contributed by atoms with E-state index >= 15 is 0 Å². The van der Waals surface area contributed by atoms with E-state index in [0.717, 1.165) is 25.7 Å². The van der Waals surface area contributed by atoms with Crippen LogP contribution in [0.1, 0.15) is 38.2 Å². The van der Waals surface area contributed by atoms with Crippen LogP contribution in [0.2, 0.25) is 0 Å². The smallest absolute Gasteiger partial charge is 0.140 e. The first-order valence-electron chi connectivity index (χ1n) is 6.53. The molecule has 18 heavy (non-hydrogen) atoms. The van der Waals surface area contributed by atoms with E-state index < -0.39 is 11.6 Å². The molecule has 0 heterocycles.